The summed E-state index contributed by atoms with van der Waals surface area (Å²) < 4.78 is 72.2. The first-order chi connectivity index (χ1) is 7.13. The molecule has 0 N–H and O–H groups in total. The molecule has 0 saturated carbocycles. The normalized spacial score (nSPS) is 37.1. The minimum absolute atomic E-state index is 2.04. The van der Waals surface area contributed by atoms with Gasteiger partial charge in [0.05, 0.1) is 7.45 Å². The van der Waals surface area contributed by atoms with Crippen molar-refractivity contribution in [3.63, 3.8) is 0 Å². The maximum Gasteiger partial charge on any atom is 0.302 e. The van der Waals surface area contributed by atoms with E-state index in [9.17, 15) is 4.79 Å². The second-order valence-corrected chi connectivity index (χ2v) is 0.719. The zero-order valence-corrected chi connectivity index (χ0v) is 3.32. The van der Waals surface area contributed by atoms with Gasteiger partial charge in [0.25, 0.3) is 0 Å². The first-order valence-electron chi connectivity index (χ1n) is 6.36. The van der Waals surface area contributed by atoms with Crippen LogP contribution in [0.2, 0.25) is 0 Å². The molecule has 0 radical (unpaired) electrons. The van der Waals surface area contributed by atoms with Crippen LogP contribution in [-0.2, 0) is 9.53 Å². The standard InChI is InChI=1S/C5H10O2/c1-4(2)7-5(3)6/h4H,1-3H3/i1D3,2D3,3D3,4D. The molecule has 0 bridgehead atoms. The third-order valence-electron chi connectivity index (χ3n) is 0.195. The van der Waals surface area contributed by atoms with Gasteiger partial charge in [-0.1, -0.05) is 0 Å². The van der Waals surface area contributed by atoms with E-state index in [1.165, 1.54) is 0 Å². The molecule has 0 heterocycles. The van der Waals surface area contributed by atoms with Crippen LogP contribution in [0.5, 0.6) is 0 Å². The van der Waals surface area contributed by atoms with Crippen LogP contribution < -0.4 is 0 Å². The molecule has 0 unspecified atom stereocenters. The number of carbonyl (C=O) groups excluding carboxylic acids is 1. The molecule has 0 aliphatic carbocycles. The number of hydrogen-bond acceptors (Lipinski definition) is 2. The van der Waals surface area contributed by atoms with Crippen LogP contribution in [0.3, 0.4) is 0 Å². The molecule has 0 aromatic carbocycles. The quantitative estimate of drug-likeness (QED) is 0.472. The highest BCUT2D eigenvalue weighted by molar-refractivity contribution is 5.66. The minimum atomic E-state index is -3.61. The summed E-state index contributed by atoms with van der Waals surface area (Å²) in [4.78, 5) is 11.0. The summed E-state index contributed by atoms with van der Waals surface area (Å²) in [6.07, 6.45) is -3.61. The van der Waals surface area contributed by atoms with Gasteiger partial charge in [0.2, 0.25) is 0 Å². The predicted octanol–water partition coefficient (Wildman–Crippen LogP) is 0.958. The summed E-state index contributed by atoms with van der Waals surface area (Å²) >= 11 is 0. The van der Waals surface area contributed by atoms with E-state index in [0.717, 1.165) is 0 Å². The number of ether oxygens (including phenoxy) is 1. The molecule has 0 fully saturated rings. The summed E-state index contributed by atoms with van der Waals surface area (Å²) in [5.41, 5.74) is 0. The maximum absolute atomic E-state index is 11.0. The van der Waals surface area contributed by atoms with Crippen molar-refractivity contribution in [1.82, 2.24) is 0 Å². The molecule has 0 aromatic rings. The molecule has 0 aliphatic rings. The van der Waals surface area contributed by atoms with Crippen LogP contribution in [0.25, 0.3) is 0 Å². The molecule has 0 amide bonds. The Morgan fingerprint density at radius 2 is 2.71 bits per heavy atom. The van der Waals surface area contributed by atoms with Crippen molar-refractivity contribution in [2.24, 2.45) is 0 Å². The largest absolute Gasteiger partial charge is 0.463 e. The number of esters is 1. The molecule has 2 heteroatoms. The van der Waals surface area contributed by atoms with Crippen LogP contribution in [0.4, 0.5) is 0 Å². The molecule has 0 rings (SSSR count). The maximum atomic E-state index is 11.0. The van der Waals surface area contributed by atoms with Crippen molar-refractivity contribution in [3.8, 4) is 0 Å². The zero-order valence-electron chi connectivity index (χ0n) is 13.3. The van der Waals surface area contributed by atoms with Gasteiger partial charge in [-0.15, -0.1) is 0 Å². The second kappa shape index (κ2) is 2.61. The Morgan fingerprint density at radius 1 is 2.00 bits per heavy atom. The lowest BCUT2D eigenvalue weighted by molar-refractivity contribution is -0.144. The summed E-state index contributed by atoms with van der Waals surface area (Å²) in [5, 5.41) is 0. The Balaban J connectivity index is 5.35. The van der Waals surface area contributed by atoms with Crippen molar-refractivity contribution in [2.45, 2.75) is 26.6 Å². The van der Waals surface area contributed by atoms with E-state index in [1.54, 1.807) is 0 Å². The van der Waals surface area contributed by atoms with E-state index in [2.05, 4.69) is 4.74 Å². The molecule has 0 aliphatic heterocycles. The summed E-state index contributed by atoms with van der Waals surface area (Å²) in [5.74, 6) is -2.04. The van der Waals surface area contributed by atoms with E-state index < -0.39 is 32.6 Å². The first-order valence-corrected chi connectivity index (χ1v) is 1.36. The highest BCUT2D eigenvalue weighted by atomic mass is 16.5. The Hall–Kier alpha value is -0.530. The van der Waals surface area contributed by atoms with Crippen molar-refractivity contribution < 1.29 is 23.2 Å². The van der Waals surface area contributed by atoms with Gasteiger partial charge in [0.15, 0.2) is 0 Å². The van der Waals surface area contributed by atoms with Crippen LogP contribution >= 0.6 is 0 Å². The average molecular weight is 112 g/mol. The van der Waals surface area contributed by atoms with E-state index in [0.29, 0.717) is 0 Å². The molecule has 0 saturated heterocycles. The smallest absolute Gasteiger partial charge is 0.302 e. The SMILES string of the molecule is [2H]C([2H])([2H])C(=O)OC([2H])(C([2H])([2H])[2H])C([2H])([2H])[2H]. The van der Waals surface area contributed by atoms with Gasteiger partial charge in [0.1, 0.15) is 0 Å². The minimum Gasteiger partial charge on any atom is -0.463 e. The molecule has 42 valence electrons. The molecule has 0 atom stereocenters. The van der Waals surface area contributed by atoms with Gasteiger partial charge in [-0.05, 0) is 13.7 Å². The first kappa shape index (κ1) is 0.809. The summed E-state index contributed by atoms with van der Waals surface area (Å²) in [7, 11) is 0. The molecule has 0 spiro atoms. The number of hydrogen-bond donors (Lipinski definition) is 0. The Kier molecular flexibility index (Phi) is 0.302. The fraction of sp³-hybridized carbons (Fsp3) is 0.800. The lowest BCUT2D eigenvalue weighted by Crippen LogP contribution is -2.06. The van der Waals surface area contributed by atoms with Crippen LogP contribution in [0, 0.1) is 0 Å². The monoisotopic (exact) mass is 112 g/mol. The highest BCUT2D eigenvalue weighted by Crippen LogP contribution is 1.85. The topological polar surface area (TPSA) is 26.3 Å². The van der Waals surface area contributed by atoms with E-state index >= 15 is 0 Å². The fourth-order valence-electron chi connectivity index (χ4n) is 0.0927. The molecular formula is C5H10O2. The highest BCUT2D eigenvalue weighted by Gasteiger charge is 1.93. The van der Waals surface area contributed by atoms with Crippen LogP contribution in [0.15, 0.2) is 0 Å². The van der Waals surface area contributed by atoms with Crippen LogP contribution in [-0.4, -0.2) is 12.0 Å². The third-order valence-corrected chi connectivity index (χ3v) is 0.195. The van der Waals surface area contributed by atoms with E-state index in [1.807, 2.05) is 0 Å². The lowest BCUT2D eigenvalue weighted by atomic mass is 10.5. The summed E-state index contributed by atoms with van der Waals surface area (Å²) in [6.45, 7) is -10.3. The fourth-order valence-corrected chi connectivity index (χ4v) is 0.0927. The second-order valence-electron chi connectivity index (χ2n) is 0.719. The lowest BCUT2D eigenvalue weighted by Gasteiger charge is -2.01. The van der Waals surface area contributed by atoms with Gasteiger partial charge in [-0.2, -0.15) is 0 Å². The predicted molar refractivity (Wildman–Crippen MR) is 26.9 cm³/mol. The van der Waals surface area contributed by atoms with Crippen molar-refractivity contribution >= 4 is 5.97 Å². The molecular weight excluding hydrogens is 92.1 g/mol. The van der Waals surface area contributed by atoms with Gasteiger partial charge < -0.3 is 4.74 Å². The van der Waals surface area contributed by atoms with Crippen molar-refractivity contribution in [2.75, 3.05) is 0 Å². The Labute approximate surface area is 57.5 Å². The van der Waals surface area contributed by atoms with Gasteiger partial charge in [-0.3, -0.25) is 4.79 Å². The van der Waals surface area contributed by atoms with Gasteiger partial charge >= 0.3 is 5.97 Å². The summed E-state index contributed by atoms with van der Waals surface area (Å²) in [6, 6.07) is 0. The Morgan fingerprint density at radius 3 is 3.14 bits per heavy atom. The van der Waals surface area contributed by atoms with Gasteiger partial charge in [-0.25, -0.2) is 0 Å². The van der Waals surface area contributed by atoms with Gasteiger partial charge in [0, 0.05) is 19.2 Å². The van der Waals surface area contributed by atoms with Crippen LogP contribution in [0.1, 0.15) is 34.3 Å². The van der Waals surface area contributed by atoms with Crippen molar-refractivity contribution in [3.05, 3.63) is 0 Å². The number of carbonyl (C=O) groups is 1. The van der Waals surface area contributed by atoms with Crippen molar-refractivity contribution in [1.29, 1.82) is 0 Å². The zero-order chi connectivity index (χ0) is 14.3. The van der Waals surface area contributed by atoms with E-state index in [-0.39, 0.29) is 0 Å². The van der Waals surface area contributed by atoms with E-state index in [4.69, 9.17) is 13.7 Å². The Bertz CT molecular complexity index is 281. The average Bonchev–Trinajstić information content (AvgIpc) is 1.97. The molecule has 0 aromatic heterocycles. The number of rotatable bonds is 1. The molecule has 2 nitrogen and oxygen atoms in total. The third kappa shape index (κ3) is 5.47. The molecule has 7 heavy (non-hydrogen) atoms.